The summed E-state index contributed by atoms with van der Waals surface area (Å²) in [5.41, 5.74) is 20.8. The van der Waals surface area contributed by atoms with Crippen molar-refractivity contribution in [2.75, 3.05) is 4.90 Å². The van der Waals surface area contributed by atoms with Crippen LogP contribution >= 0.6 is 0 Å². The monoisotopic (exact) mass is 878 g/mol. The van der Waals surface area contributed by atoms with E-state index in [1.807, 2.05) is 6.07 Å². The maximum atomic E-state index is 5.49. The Balaban J connectivity index is 1.09. The normalized spacial score (nSPS) is 13.0. The third-order valence-electron chi connectivity index (χ3n) is 14.4. The first kappa shape index (κ1) is 39.1. The first-order chi connectivity index (χ1) is 34.3. The van der Waals surface area contributed by atoms with Crippen LogP contribution in [0.4, 0.5) is 17.1 Å². The van der Waals surface area contributed by atoms with Gasteiger partial charge in [-0.3, -0.25) is 0 Å². The molecule has 1 aliphatic heterocycles. The molecule has 0 N–H and O–H groups in total. The summed E-state index contributed by atoms with van der Waals surface area (Å²) in [5.74, 6) is 0.694. The third kappa shape index (κ3) is 5.82. The van der Waals surface area contributed by atoms with E-state index >= 15 is 0 Å². The minimum Gasteiger partial charge on any atom is -0.310 e. The molecular weight excluding hydrogens is 837 g/mol. The van der Waals surface area contributed by atoms with Gasteiger partial charge in [0.2, 0.25) is 0 Å². The molecule has 2 aliphatic rings. The van der Waals surface area contributed by atoms with E-state index in [-0.39, 0.29) is 0 Å². The summed E-state index contributed by atoms with van der Waals surface area (Å²) in [7, 11) is 0. The van der Waals surface area contributed by atoms with Gasteiger partial charge in [-0.25, -0.2) is 9.97 Å². The molecule has 10 aromatic carbocycles. The number of hydrogen-bond donors (Lipinski definition) is 0. The quantitative estimate of drug-likeness (QED) is 0.167. The van der Waals surface area contributed by atoms with Gasteiger partial charge in [0.1, 0.15) is 0 Å². The molecule has 0 unspecified atom stereocenters. The third-order valence-corrected chi connectivity index (χ3v) is 14.4. The fourth-order valence-electron chi connectivity index (χ4n) is 11.6. The predicted molar refractivity (Wildman–Crippen MR) is 284 cm³/mol. The molecule has 0 atom stereocenters. The SMILES string of the molecule is c1ccc(-c2cc(-c3cccc4c3-c3cc(-c5cccc6c5c5ccccc5n6-c5ccccc5)ccc3C43c4ccccc4N(c4ccccc4)c4ccccc43)nc(-c3ccccc3)n2)cc1. The van der Waals surface area contributed by atoms with E-state index in [0.717, 1.165) is 56.4 Å². The number of aromatic nitrogens is 3. The summed E-state index contributed by atoms with van der Waals surface area (Å²) < 4.78 is 2.40. The Morgan fingerprint density at radius 3 is 1.61 bits per heavy atom. The van der Waals surface area contributed by atoms with Gasteiger partial charge >= 0.3 is 0 Å². The van der Waals surface area contributed by atoms with Gasteiger partial charge in [0, 0.05) is 38.8 Å². The Kier molecular flexibility index (Phi) is 8.77. The first-order valence-corrected chi connectivity index (χ1v) is 23.7. The molecule has 0 radical (unpaired) electrons. The number of benzene rings is 10. The van der Waals surface area contributed by atoms with Crippen LogP contribution in [-0.4, -0.2) is 14.5 Å². The van der Waals surface area contributed by atoms with Gasteiger partial charge in [-0.2, -0.15) is 0 Å². The maximum Gasteiger partial charge on any atom is 0.160 e. The van der Waals surface area contributed by atoms with Gasteiger partial charge in [-0.05, 0) is 105 Å². The van der Waals surface area contributed by atoms with Crippen molar-refractivity contribution >= 4 is 38.9 Å². The van der Waals surface area contributed by atoms with Gasteiger partial charge in [-0.15, -0.1) is 0 Å². The van der Waals surface area contributed by atoms with E-state index in [0.29, 0.717) is 5.82 Å². The van der Waals surface area contributed by atoms with Crippen molar-refractivity contribution in [2.45, 2.75) is 5.41 Å². The molecule has 0 fully saturated rings. The van der Waals surface area contributed by atoms with Gasteiger partial charge in [-0.1, -0.05) is 194 Å². The maximum absolute atomic E-state index is 5.49. The van der Waals surface area contributed by atoms with Crippen molar-refractivity contribution in [3.63, 3.8) is 0 Å². The number of anilines is 3. The molecule has 14 rings (SSSR count). The molecule has 0 saturated carbocycles. The lowest BCUT2D eigenvalue weighted by Gasteiger charge is -2.45. The lowest BCUT2D eigenvalue weighted by atomic mass is 9.64. The molecule has 0 bridgehead atoms. The van der Waals surface area contributed by atoms with Crippen LogP contribution in [0.3, 0.4) is 0 Å². The molecule has 12 aromatic rings. The Hall–Kier alpha value is -9.12. The van der Waals surface area contributed by atoms with Gasteiger partial charge in [0.15, 0.2) is 5.82 Å². The number of para-hydroxylation sites is 5. The van der Waals surface area contributed by atoms with Crippen LogP contribution < -0.4 is 4.90 Å². The highest BCUT2D eigenvalue weighted by Gasteiger charge is 2.52. The summed E-state index contributed by atoms with van der Waals surface area (Å²) in [6, 6.07) is 92.4. The van der Waals surface area contributed by atoms with Crippen molar-refractivity contribution in [2.24, 2.45) is 0 Å². The number of hydrogen-bond acceptors (Lipinski definition) is 3. The van der Waals surface area contributed by atoms with E-state index in [9.17, 15) is 0 Å². The first-order valence-electron chi connectivity index (χ1n) is 23.7. The van der Waals surface area contributed by atoms with Crippen LogP contribution in [0.5, 0.6) is 0 Å². The number of rotatable bonds is 6. The molecular formula is C65H42N4. The van der Waals surface area contributed by atoms with Crippen molar-refractivity contribution in [3.8, 4) is 61.8 Å². The van der Waals surface area contributed by atoms with Crippen LogP contribution in [-0.2, 0) is 5.41 Å². The van der Waals surface area contributed by atoms with Crippen molar-refractivity contribution < 1.29 is 0 Å². The van der Waals surface area contributed by atoms with E-state index in [1.54, 1.807) is 0 Å². The summed E-state index contributed by atoms with van der Waals surface area (Å²) in [6.45, 7) is 0. The minimum atomic E-state index is -0.662. The highest BCUT2D eigenvalue weighted by atomic mass is 15.2. The lowest BCUT2D eigenvalue weighted by Crippen LogP contribution is -2.36. The van der Waals surface area contributed by atoms with Crippen LogP contribution in [0.25, 0.3) is 83.6 Å². The second-order valence-electron chi connectivity index (χ2n) is 18.0. The molecule has 322 valence electrons. The molecule has 69 heavy (non-hydrogen) atoms. The fraction of sp³-hybridized carbons (Fsp3) is 0.0154. The highest BCUT2D eigenvalue weighted by Crippen LogP contribution is 2.65. The molecule has 1 spiro atoms. The molecule has 3 heterocycles. The standard InChI is InChI=1S/C65H42N4/c1-5-21-43(22-6-1)56-42-57(67-64(66-56)44-23-7-2-8-24-44)49-31-19-34-55-62(49)51-41-45(48-30-20-38-61-63(48)50-29-13-16-35-58(50)68(61)46-25-9-3-10-26-46)39-40-52(51)65(55)53-32-14-17-36-59(53)69(47-27-11-4-12-28-47)60-37-18-15-33-54(60)65/h1-42H. The van der Waals surface area contributed by atoms with Crippen LogP contribution in [0.1, 0.15) is 22.3 Å². The summed E-state index contributed by atoms with van der Waals surface area (Å²) in [5, 5.41) is 2.46. The number of fused-ring (bicyclic) bond motifs is 12. The van der Waals surface area contributed by atoms with E-state index in [1.165, 1.54) is 60.8 Å². The van der Waals surface area contributed by atoms with Crippen LogP contribution in [0, 0.1) is 0 Å². The lowest BCUT2D eigenvalue weighted by molar-refractivity contribution is 0.753. The van der Waals surface area contributed by atoms with Gasteiger partial charge in [0.05, 0.1) is 39.2 Å². The zero-order chi connectivity index (χ0) is 45.5. The average Bonchev–Trinajstić information content (AvgIpc) is 3.93. The zero-order valence-corrected chi connectivity index (χ0v) is 37.5. The largest absolute Gasteiger partial charge is 0.310 e. The van der Waals surface area contributed by atoms with Crippen molar-refractivity contribution in [1.29, 1.82) is 0 Å². The molecule has 4 nitrogen and oxygen atoms in total. The van der Waals surface area contributed by atoms with Crippen molar-refractivity contribution in [1.82, 2.24) is 14.5 Å². The van der Waals surface area contributed by atoms with Gasteiger partial charge < -0.3 is 9.47 Å². The van der Waals surface area contributed by atoms with E-state index in [4.69, 9.17) is 9.97 Å². The molecule has 0 saturated heterocycles. The summed E-state index contributed by atoms with van der Waals surface area (Å²) in [6.07, 6.45) is 0. The molecule has 4 heteroatoms. The molecule has 2 aromatic heterocycles. The fourth-order valence-corrected chi connectivity index (χ4v) is 11.6. The Bertz CT molecular complexity index is 3850. The zero-order valence-electron chi connectivity index (χ0n) is 37.5. The van der Waals surface area contributed by atoms with Crippen LogP contribution in [0.15, 0.2) is 255 Å². The smallest absolute Gasteiger partial charge is 0.160 e. The predicted octanol–water partition coefficient (Wildman–Crippen LogP) is 16.4. The summed E-state index contributed by atoms with van der Waals surface area (Å²) in [4.78, 5) is 13.2. The second kappa shape index (κ2) is 15.5. The highest BCUT2D eigenvalue weighted by molar-refractivity contribution is 6.16. The Morgan fingerprint density at radius 1 is 0.333 bits per heavy atom. The van der Waals surface area contributed by atoms with E-state index in [2.05, 4.69) is 258 Å². The number of nitrogens with zero attached hydrogens (tertiary/aromatic N) is 4. The molecule has 1 aliphatic carbocycles. The molecule has 0 amide bonds. The second-order valence-corrected chi connectivity index (χ2v) is 18.0. The Morgan fingerprint density at radius 2 is 0.884 bits per heavy atom. The topological polar surface area (TPSA) is 34.0 Å². The average molecular weight is 879 g/mol. The van der Waals surface area contributed by atoms with Crippen LogP contribution in [0.2, 0.25) is 0 Å². The van der Waals surface area contributed by atoms with E-state index < -0.39 is 5.41 Å². The van der Waals surface area contributed by atoms with Crippen molar-refractivity contribution in [3.05, 3.63) is 277 Å². The summed E-state index contributed by atoms with van der Waals surface area (Å²) >= 11 is 0. The van der Waals surface area contributed by atoms with Gasteiger partial charge in [0.25, 0.3) is 0 Å². The minimum absolute atomic E-state index is 0.662. The Labute approximate surface area is 400 Å².